The topological polar surface area (TPSA) is 106 Å². The largest absolute Gasteiger partial charge is 0.403 e. The highest BCUT2D eigenvalue weighted by atomic mass is 32.2. The first-order valence-electron chi connectivity index (χ1n) is 12.0. The average molecular weight is 552 g/mol. The number of amides is 1. The molecule has 2 atom stereocenters. The van der Waals surface area contributed by atoms with Crippen LogP contribution < -0.4 is 20.9 Å². The van der Waals surface area contributed by atoms with Crippen molar-refractivity contribution >= 4 is 57.0 Å². The molecule has 1 aliphatic carbocycles. The number of benzene rings is 2. The molecule has 4 rings (SSSR count). The van der Waals surface area contributed by atoms with Crippen LogP contribution in [0.25, 0.3) is 10.2 Å². The van der Waals surface area contributed by atoms with Gasteiger partial charge >= 0.3 is 0 Å². The van der Waals surface area contributed by atoms with Crippen LogP contribution in [0.5, 0.6) is 0 Å². The third-order valence-corrected chi connectivity index (χ3v) is 8.13. The number of nitrogens with two attached hydrogens (primary N) is 2. The fourth-order valence-corrected chi connectivity index (χ4v) is 5.66. The maximum atomic E-state index is 12.3. The predicted molar refractivity (Wildman–Crippen MR) is 162 cm³/mol. The van der Waals surface area contributed by atoms with Crippen molar-refractivity contribution in [2.45, 2.75) is 38.1 Å². The Balaban J connectivity index is 0.00000186. The number of rotatable bonds is 9. The van der Waals surface area contributed by atoms with E-state index in [4.69, 9.17) is 15.9 Å². The molecule has 1 aromatic heterocycles. The SMILES string of the molecule is C=C1C=C(CC(NSc2cccc(NC(=O)/C(=C/N)SN)c2)c2nc3ccccc3s2)C=CC1C.CC. The van der Waals surface area contributed by atoms with Gasteiger partial charge in [-0.05, 0) is 77.7 Å². The molecule has 37 heavy (non-hydrogen) atoms. The quantitative estimate of drug-likeness (QED) is 0.166. The number of aromatic nitrogens is 1. The van der Waals surface area contributed by atoms with Crippen molar-refractivity contribution in [1.29, 1.82) is 0 Å². The Bertz CT molecular complexity index is 1300. The first-order chi connectivity index (χ1) is 18.0. The van der Waals surface area contributed by atoms with Crippen LogP contribution in [0.4, 0.5) is 5.69 Å². The molecule has 0 fully saturated rings. The molecular formula is C28H33N5OS3. The summed E-state index contributed by atoms with van der Waals surface area (Å²) in [6.07, 6.45) is 8.53. The third kappa shape index (κ3) is 7.83. The molecule has 194 valence electrons. The number of nitrogens with zero attached hydrogens (tertiary/aromatic N) is 1. The molecule has 0 bridgehead atoms. The second kappa shape index (κ2) is 14.2. The van der Waals surface area contributed by atoms with Crippen LogP contribution in [0, 0.1) is 5.92 Å². The number of thiazole rings is 1. The number of carbonyl (C=O) groups excluding carboxylic acids is 1. The van der Waals surface area contributed by atoms with Gasteiger partial charge in [0.25, 0.3) is 5.91 Å². The highest BCUT2D eigenvalue weighted by Gasteiger charge is 2.20. The number of hydrogen-bond donors (Lipinski definition) is 4. The Morgan fingerprint density at radius 3 is 2.73 bits per heavy atom. The molecule has 0 aliphatic heterocycles. The lowest BCUT2D eigenvalue weighted by Gasteiger charge is -2.20. The van der Waals surface area contributed by atoms with Gasteiger partial charge in [0.15, 0.2) is 0 Å². The van der Waals surface area contributed by atoms with E-state index in [-0.39, 0.29) is 16.9 Å². The zero-order valence-electron chi connectivity index (χ0n) is 21.2. The summed E-state index contributed by atoms with van der Waals surface area (Å²) in [6, 6.07) is 15.8. The van der Waals surface area contributed by atoms with Crippen LogP contribution in [-0.4, -0.2) is 10.9 Å². The van der Waals surface area contributed by atoms with E-state index >= 15 is 0 Å². The number of nitrogens with one attached hydrogen (secondary N) is 2. The minimum atomic E-state index is -0.340. The van der Waals surface area contributed by atoms with E-state index in [1.807, 2.05) is 56.3 Å². The minimum absolute atomic E-state index is 0.00632. The van der Waals surface area contributed by atoms with Crippen LogP contribution in [0.1, 0.15) is 38.2 Å². The molecule has 6 nitrogen and oxygen atoms in total. The zero-order valence-corrected chi connectivity index (χ0v) is 23.7. The number of para-hydroxylation sites is 1. The molecule has 6 N–H and O–H groups in total. The summed E-state index contributed by atoms with van der Waals surface area (Å²) in [7, 11) is 0. The van der Waals surface area contributed by atoms with E-state index in [1.54, 1.807) is 11.3 Å². The average Bonchev–Trinajstić information content (AvgIpc) is 3.35. The Morgan fingerprint density at radius 2 is 2.03 bits per heavy atom. The maximum Gasteiger partial charge on any atom is 0.264 e. The molecule has 2 aromatic carbocycles. The predicted octanol–water partition coefficient (Wildman–Crippen LogP) is 7.08. The molecule has 1 heterocycles. The molecule has 0 spiro atoms. The van der Waals surface area contributed by atoms with Crippen molar-refractivity contribution in [1.82, 2.24) is 9.71 Å². The molecule has 1 amide bonds. The third-order valence-electron chi connectivity index (χ3n) is 5.52. The molecule has 1 aliphatic rings. The normalized spacial score (nSPS) is 16.1. The molecule has 3 aromatic rings. The summed E-state index contributed by atoms with van der Waals surface area (Å²) < 4.78 is 4.77. The van der Waals surface area contributed by atoms with E-state index in [2.05, 4.69) is 47.8 Å². The van der Waals surface area contributed by atoms with Crippen LogP contribution >= 0.6 is 35.2 Å². The summed E-state index contributed by atoms with van der Waals surface area (Å²) >= 11 is 4.02. The lowest BCUT2D eigenvalue weighted by molar-refractivity contribution is -0.112. The van der Waals surface area contributed by atoms with Crippen LogP contribution in [0.3, 0.4) is 0 Å². The smallest absolute Gasteiger partial charge is 0.264 e. The summed E-state index contributed by atoms with van der Waals surface area (Å²) in [5.41, 5.74) is 9.46. The van der Waals surface area contributed by atoms with Crippen molar-refractivity contribution in [2.24, 2.45) is 16.8 Å². The number of anilines is 1. The number of fused-ring (bicyclic) bond motifs is 1. The van der Waals surface area contributed by atoms with Crippen molar-refractivity contribution in [3.63, 3.8) is 0 Å². The van der Waals surface area contributed by atoms with E-state index in [1.165, 1.54) is 23.7 Å². The Labute approximate surface area is 231 Å². The Hall–Kier alpha value is -2.82. The summed E-state index contributed by atoms with van der Waals surface area (Å²) in [5.74, 6) is 0.0141. The van der Waals surface area contributed by atoms with Gasteiger partial charge in [-0.25, -0.2) is 9.71 Å². The number of hydrogen-bond acceptors (Lipinski definition) is 8. The van der Waals surface area contributed by atoms with Crippen LogP contribution in [-0.2, 0) is 4.79 Å². The molecule has 0 saturated heterocycles. The van der Waals surface area contributed by atoms with Gasteiger partial charge in [0, 0.05) is 16.8 Å². The standard InChI is InChI=1S/C26H27N5OS3.C2H6/c1-16-10-11-18(12-17(16)2)13-22(26-30-21-8-3-4-9-23(21)33-26)31-35-20-7-5-6-19(14-20)29-25(32)24(15-27)34-28;1-2/h3-12,14-16,22,31H,2,13,27-28H2,1H3,(H,29,32);1-2H3/b24-15-;. The van der Waals surface area contributed by atoms with E-state index in [0.717, 1.165) is 44.1 Å². The minimum Gasteiger partial charge on any atom is -0.403 e. The van der Waals surface area contributed by atoms with Gasteiger partial charge in [-0.1, -0.05) is 63.8 Å². The molecule has 0 radical (unpaired) electrons. The van der Waals surface area contributed by atoms with E-state index in [9.17, 15) is 4.79 Å². The Morgan fingerprint density at radius 1 is 1.24 bits per heavy atom. The van der Waals surface area contributed by atoms with Crippen molar-refractivity contribution in [3.05, 3.63) is 101 Å². The van der Waals surface area contributed by atoms with E-state index < -0.39 is 0 Å². The molecule has 2 unspecified atom stereocenters. The fourth-order valence-electron chi connectivity index (χ4n) is 3.53. The van der Waals surface area contributed by atoms with Gasteiger partial charge in [0.2, 0.25) is 0 Å². The first-order valence-corrected chi connectivity index (χ1v) is 14.5. The summed E-state index contributed by atoms with van der Waals surface area (Å²) in [6.45, 7) is 10.3. The van der Waals surface area contributed by atoms with Gasteiger partial charge in [-0.2, -0.15) is 0 Å². The lowest BCUT2D eigenvalue weighted by Crippen LogP contribution is -2.16. The highest BCUT2D eigenvalue weighted by Crippen LogP contribution is 2.34. The molecular weight excluding hydrogens is 519 g/mol. The number of allylic oxidation sites excluding steroid dienone is 4. The lowest BCUT2D eigenvalue weighted by atomic mass is 9.91. The maximum absolute atomic E-state index is 12.3. The Kier molecular flexibility index (Phi) is 11.0. The van der Waals surface area contributed by atoms with Gasteiger partial charge in [-0.3, -0.25) is 9.93 Å². The van der Waals surface area contributed by atoms with Gasteiger partial charge in [0.1, 0.15) is 9.91 Å². The second-order valence-electron chi connectivity index (χ2n) is 8.07. The van der Waals surface area contributed by atoms with Crippen molar-refractivity contribution < 1.29 is 4.79 Å². The van der Waals surface area contributed by atoms with Gasteiger partial charge in [-0.15, -0.1) is 11.3 Å². The summed E-state index contributed by atoms with van der Waals surface area (Å²) in [4.78, 5) is 18.4. The van der Waals surface area contributed by atoms with E-state index in [0.29, 0.717) is 11.6 Å². The zero-order chi connectivity index (χ0) is 26.8. The summed E-state index contributed by atoms with van der Waals surface area (Å²) in [5, 5.41) is 9.35. The molecule has 0 saturated carbocycles. The monoisotopic (exact) mass is 551 g/mol. The fraction of sp³-hybridized carbons (Fsp3) is 0.214. The number of carbonyl (C=O) groups is 1. The highest BCUT2D eigenvalue weighted by molar-refractivity contribution is 8.01. The van der Waals surface area contributed by atoms with Crippen LogP contribution in [0.2, 0.25) is 0 Å². The van der Waals surface area contributed by atoms with Crippen molar-refractivity contribution in [2.75, 3.05) is 5.32 Å². The second-order valence-corrected chi connectivity index (χ2v) is 10.7. The van der Waals surface area contributed by atoms with Gasteiger partial charge < -0.3 is 11.1 Å². The van der Waals surface area contributed by atoms with Crippen LogP contribution in [0.15, 0.2) is 100 Å². The molecule has 9 heteroatoms. The van der Waals surface area contributed by atoms with Crippen molar-refractivity contribution in [3.8, 4) is 0 Å². The van der Waals surface area contributed by atoms with Gasteiger partial charge in [0.05, 0.1) is 16.3 Å². The first kappa shape index (κ1) is 28.7.